The molecule has 6 nitrogen and oxygen atoms in total. The fourth-order valence-corrected chi connectivity index (χ4v) is 1.96. The number of carbonyl (C=O) groups is 1. The van der Waals surface area contributed by atoms with Crippen molar-refractivity contribution in [1.29, 1.82) is 0 Å². The largest absolute Gasteiger partial charge is 0.481 e. The lowest BCUT2D eigenvalue weighted by Crippen LogP contribution is -2.01. The number of carboxylic acids is 1. The smallest absolute Gasteiger partial charge is 0.308 e. The molecule has 6 heteroatoms. The summed E-state index contributed by atoms with van der Waals surface area (Å²) in [6.07, 6.45) is 6.52. The summed E-state index contributed by atoms with van der Waals surface area (Å²) in [6, 6.07) is 5.57. The van der Waals surface area contributed by atoms with Gasteiger partial charge in [-0.25, -0.2) is 9.50 Å². The molecule has 3 aromatic rings. The predicted octanol–water partition coefficient (Wildman–Crippen LogP) is 1.42. The highest BCUT2D eigenvalue weighted by Gasteiger charge is 2.12. The number of hydrogen-bond acceptors (Lipinski definition) is 4. The Labute approximate surface area is 108 Å². The number of hydrogen-bond donors (Lipinski definition) is 1. The fourth-order valence-electron chi connectivity index (χ4n) is 1.96. The minimum Gasteiger partial charge on any atom is -0.481 e. The molecule has 3 heterocycles. The quantitative estimate of drug-likeness (QED) is 0.764. The molecule has 19 heavy (non-hydrogen) atoms. The highest BCUT2D eigenvalue weighted by Crippen LogP contribution is 2.19. The van der Waals surface area contributed by atoms with Gasteiger partial charge in [-0.05, 0) is 18.2 Å². The van der Waals surface area contributed by atoms with Crippen molar-refractivity contribution in [3.05, 3.63) is 48.5 Å². The predicted molar refractivity (Wildman–Crippen MR) is 67.6 cm³/mol. The molecule has 0 aliphatic rings. The van der Waals surface area contributed by atoms with E-state index in [1.165, 1.54) is 6.20 Å². The zero-order valence-electron chi connectivity index (χ0n) is 9.89. The number of aliphatic carboxylic acids is 1. The molecule has 3 aromatic heterocycles. The van der Waals surface area contributed by atoms with E-state index in [4.69, 9.17) is 5.11 Å². The average Bonchev–Trinajstić information content (AvgIpc) is 2.82. The lowest BCUT2D eigenvalue weighted by atomic mass is 10.2. The second kappa shape index (κ2) is 4.49. The van der Waals surface area contributed by atoms with Crippen LogP contribution in [0.1, 0.15) is 5.56 Å². The number of carboxylic acid groups (broad SMARTS) is 1. The van der Waals surface area contributed by atoms with E-state index in [0.29, 0.717) is 11.2 Å². The summed E-state index contributed by atoms with van der Waals surface area (Å²) in [6.45, 7) is 0. The van der Waals surface area contributed by atoms with Crippen LogP contribution in [-0.2, 0) is 11.2 Å². The van der Waals surface area contributed by atoms with Crippen LogP contribution in [0.15, 0.2) is 43.0 Å². The maximum Gasteiger partial charge on any atom is 0.308 e. The lowest BCUT2D eigenvalue weighted by Gasteiger charge is -2.03. The van der Waals surface area contributed by atoms with E-state index >= 15 is 0 Å². The van der Waals surface area contributed by atoms with E-state index in [1.807, 2.05) is 18.2 Å². The molecule has 0 aliphatic heterocycles. The van der Waals surface area contributed by atoms with Crippen molar-refractivity contribution in [2.24, 2.45) is 0 Å². The average molecular weight is 254 g/mol. The van der Waals surface area contributed by atoms with Gasteiger partial charge in [-0.3, -0.25) is 9.78 Å². The van der Waals surface area contributed by atoms with Crippen molar-refractivity contribution in [2.75, 3.05) is 0 Å². The van der Waals surface area contributed by atoms with Crippen LogP contribution in [0, 0.1) is 0 Å². The maximum absolute atomic E-state index is 10.8. The van der Waals surface area contributed by atoms with Crippen molar-refractivity contribution in [3.63, 3.8) is 0 Å². The molecule has 0 saturated heterocycles. The Hall–Kier alpha value is -2.76. The lowest BCUT2D eigenvalue weighted by molar-refractivity contribution is -0.136. The van der Waals surface area contributed by atoms with Gasteiger partial charge in [-0.15, -0.1) is 0 Å². The summed E-state index contributed by atoms with van der Waals surface area (Å²) in [4.78, 5) is 19.1. The first-order valence-electron chi connectivity index (χ1n) is 5.69. The van der Waals surface area contributed by atoms with Crippen molar-refractivity contribution < 1.29 is 9.90 Å². The Bertz CT molecular complexity index is 737. The van der Waals surface area contributed by atoms with Crippen LogP contribution >= 0.6 is 0 Å². The first kappa shape index (κ1) is 11.3. The van der Waals surface area contributed by atoms with Gasteiger partial charge in [-0.1, -0.05) is 0 Å². The molecule has 0 atom stereocenters. The van der Waals surface area contributed by atoms with E-state index in [-0.39, 0.29) is 6.42 Å². The molecule has 0 radical (unpaired) electrons. The molecule has 0 unspecified atom stereocenters. The minimum atomic E-state index is -0.900. The van der Waals surface area contributed by atoms with Gasteiger partial charge in [-0.2, -0.15) is 5.10 Å². The van der Waals surface area contributed by atoms with Crippen molar-refractivity contribution in [2.45, 2.75) is 6.42 Å². The summed E-state index contributed by atoms with van der Waals surface area (Å²) >= 11 is 0. The zero-order valence-corrected chi connectivity index (χ0v) is 9.89. The summed E-state index contributed by atoms with van der Waals surface area (Å²) < 4.78 is 1.63. The van der Waals surface area contributed by atoms with Gasteiger partial charge < -0.3 is 5.11 Å². The summed E-state index contributed by atoms with van der Waals surface area (Å²) in [5, 5.41) is 13.1. The van der Waals surface area contributed by atoms with E-state index in [0.717, 1.165) is 11.3 Å². The van der Waals surface area contributed by atoms with Crippen molar-refractivity contribution in [3.8, 4) is 11.3 Å². The third-order valence-corrected chi connectivity index (χ3v) is 2.77. The summed E-state index contributed by atoms with van der Waals surface area (Å²) in [7, 11) is 0. The van der Waals surface area contributed by atoms with Crippen molar-refractivity contribution in [1.82, 2.24) is 19.6 Å². The Kier molecular flexibility index (Phi) is 2.68. The molecule has 0 amide bonds. The monoisotopic (exact) mass is 254 g/mol. The van der Waals surface area contributed by atoms with Crippen LogP contribution < -0.4 is 0 Å². The first-order chi connectivity index (χ1) is 9.25. The molecule has 0 aromatic carbocycles. The van der Waals surface area contributed by atoms with Gasteiger partial charge in [0.2, 0.25) is 0 Å². The minimum absolute atomic E-state index is 0.0903. The van der Waals surface area contributed by atoms with Crippen LogP contribution in [0.5, 0.6) is 0 Å². The molecule has 0 bridgehead atoms. The SMILES string of the molecule is O=C(O)Cc1cnn2c(-c3cccnc3)ccnc12. The Morgan fingerprint density at radius 3 is 2.89 bits per heavy atom. The van der Waals surface area contributed by atoms with E-state index in [9.17, 15) is 4.79 Å². The molecule has 94 valence electrons. The second-order valence-corrected chi connectivity index (χ2v) is 4.05. The normalized spacial score (nSPS) is 10.7. The molecular weight excluding hydrogens is 244 g/mol. The van der Waals surface area contributed by atoms with Gasteiger partial charge in [0.15, 0.2) is 5.65 Å². The zero-order chi connectivity index (χ0) is 13.2. The van der Waals surface area contributed by atoms with E-state index < -0.39 is 5.97 Å². The number of rotatable bonds is 3. The number of aromatic nitrogens is 4. The molecule has 0 aliphatic carbocycles. The van der Waals surface area contributed by atoms with Crippen LogP contribution in [0.4, 0.5) is 0 Å². The molecular formula is C13H10N4O2. The maximum atomic E-state index is 10.8. The third kappa shape index (κ3) is 2.03. The van der Waals surface area contributed by atoms with Crippen LogP contribution in [0.25, 0.3) is 16.9 Å². The Balaban J connectivity index is 2.18. The number of nitrogens with zero attached hydrogens (tertiary/aromatic N) is 4. The molecule has 0 fully saturated rings. The summed E-state index contributed by atoms with van der Waals surface area (Å²) in [5.74, 6) is -0.900. The molecule has 0 spiro atoms. The Morgan fingerprint density at radius 1 is 1.26 bits per heavy atom. The van der Waals surface area contributed by atoms with Gasteiger partial charge in [0.05, 0.1) is 18.3 Å². The molecule has 3 rings (SSSR count). The van der Waals surface area contributed by atoms with Gasteiger partial charge in [0.25, 0.3) is 0 Å². The van der Waals surface area contributed by atoms with Crippen molar-refractivity contribution >= 4 is 11.6 Å². The standard InChI is InChI=1S/C13H10N4O2/c18-12(19)6-10-8-16-17-11(3-5-15-13(10)17)9-2-1-4-14-7-9/h1-5,7-8H,6H2,(H,18,19). The number of fused-ring (bicyclic) bond motifs is 1. The molecule has 0 saturated carbocycles. The van der Waals surface area contributed by atoms with Gasteiger partial charge in [0.1, 0.15) is 0 Å². The van der Waals surface area contributed by atoms with Crippen LogP contribution in [0.3, 0.4) is 0 Å². The van der Waals surface area contributed by atoms with Crippen LogP contribution in [-0.4, -0.2) is 30.7 Å². The highest BCUT2D eigenvalue weighted by molar-refractivity contribution is 5.73. The number of pyridine rings is 1. The molecule has 1 N–H and O–H groups in total. The van der Waals surface area contributed by atoms with Crippen LogP contribution in [0.2, 0.25) is 0 Å². The Morgan fingerprint density at radius 2 is 2.16 bits per heavy atom. The first-order valence-corrected chi connectivity index (χ1v) is 5.69. The topological polar surface area (TPSA) is 80.4 Å². The third-order valence-electron chi connectivity index (χ3n) is 2.77. The summed E-state index contributed by atoms with van der Waals surface area (Å²) in [5.41, 5.74) is 2.89. The fraction of sp³-hybridized carbons (Fsp3) is 0.0769. The van der Waals surface area contributed by atoms with E-state index in [1.54, 1.807) is 23.1 Å². The highest BCUT2D eigenvalue weighted by atomic mass is 16.4. The van der Waals surface area contributed by atoms with E-state index in [2.05, 4.69) is 15.1 Å². The second-order valence-electron chi connectivity index (χ2n) is 4.05. The van der Waals surface area contributed by atoms with Gasteiger partial charge in [0, 0.05) is 29.7 Å². The van der Waals surface area contributed by atoms with Gasteiger partial charge >= 0.3 is 5.97 Å².